The first-order chi connectivity index (χ1) is 18.3. The first kappa shape index (κ1) is 26.2. The number of hydrogen-bond donors (Lipinski definition) is 1. The lowest BCUT2D eigenvalue weighted by atomic mass is 10.1. The van der Waals surface area contributed by atoms with E-state index in [4.69, 9.17) is 27.6 Å². The van der Waals surface area contributed by atoms with Crippen LogP contribution in [0, 0.1) is 0 Å². The highest BCUT2D eigenvalue weighted by atomic mass is 35.5. The molecule has 10 heteroatoms. The summed E-state index contributed by atoms with van der Waals surface area (Å²) in [4.78, 5) is 40.2. The van der Waals surface area contributed by atoms with E-state index >= 15 is 0 Å². The first-order valence-electron chi connectivity index (χ1n) is 11.9. The summed E-state index contributed by atoms with van der Waals surface area (Å²) >= 11 is 13.0. The second-order valence-corrected chi connectivity index (χ2v) is 10.6. The van der Waals surface area contributed by atoms with Gasteiger partial charge < -0.3 is 14.3 Å². The number of carbonyl (C=O) groups excluding carboxylic acids is 3. The van der Waals surface area contributed by atoms with E-state index in [-0.39, 0.29) is 30.1 Å². The number of furan rings is 1. The van der Waals surface area contributed by atoms with Gasteiger partial charge in [0.25, 0.3) is 11.1 Å². The molecule has 4 aromatic rings. The molecule has 3 heterocycles. The highest BCUT2D eigenvalue weighted by Gasteiger charge is 2.35. The highest BCUT2D eigenvalue weighted by Crippen LogP contribution is 2.36. The number of halogens is 2. The molecule has 1 aliphatic rings. The molecule has 0 aliphatic carbocycles. The molecular weight excluding hydrogens is 545 g/mol. The number of rotatable bonds is 8. The molecule has 5 rings (SSSR count). The molecule has 1 fully saturated rings. The fraction of sp³-hybridized carbons (Fsp3) is 0.179. The molecule has 3 amide bonds. The second-order valence-electron chi connectivity index (χ2n) is 8.75. The van der Waals surface area contributed by atoms with Crippen molar-refractivity contribution < 1.29 is 18.8 Å². The van der Waals surface area contributed by atoms with Crippen LogP contribution in [-0.2, 0) is 35.6 Å². The molecule has 0 atom stereocenters. The molecule has 7 nitrogen and oxygen atoms in total. The summed E-state index contributed by atoms with van der Waals surface area (Å²) < 4.78 is 7.17. The zero-order chi connectivity index (χ0) is 26.8. The Hall–Kier alpha value is -3.46. The monoisotopic (exact) mass is 567 g/mol. The number of fused-ring (bicyclic) bond motifs is 1. The third-order valence-corrected chi connectivity index (χ3v) is 7.88. The van der Waals surface area contributed by atoms with Gasteiger partial charge in [-0.3, -0.25) is 19.3 Å². The summed E-state index contributed by atoms with van der Waals surface area (Å²) in [6.45, 7) is 2.54. The average molecular weight is 568 g/mol. The molecule has 0 spiro atoms. The SMILES string of the molecule is CCc1cccc2c(/C=C3\SC(=O)N(Cc4ccc(Cl)c(Cl)c4)C3=O)cn(CC(=O)NCc3ccco3)c12. The van der Waals surface area contributed by atoms with Gasteiger partial charge in [0.15, 0.2) is 0 Å². The van der Waals surface area contributed by atoms with Crippen molar-refractivity contribution in [3.05, 3.63) is 98.4 Å². The van der Waals surface area contributed by atoms with Crippen LogP contribution in [0.25, 0.3) is 17.0 Å². The lowest BCUT2D eigenvalue weighted by Gasteiger charge is -2.12. The van der Waals surface area contributed by atoms with Gasteiger partial charge >= 0.3 is 0 Å². The van der Waals surface area contributed by atoms with Crippen LogP contribution in [0.1, 0.15) is 29.4 Å². The standard InChI is InChI=1S/C28H23Cl2N3O4S/c1-2-18-5-3-7-21-19(15-32(26(18)21)16-25(34)31-13-20-6-4-10-37-20)12-24-27(35)33(28(36)38-24)14-17-8-9-22(29)23(30)11-17/h3-12,15H,2,13-14,16H2,1H3,(H,31,34)/b24-12-. The minimum atomic E-state index is -0.380. The average Bonchev–Trinajstić information content (AvgIpc) is 3.61. The molecule has 1 saturated heterocycles. The maximum atomic E-state index is 13.2. The molecule has 38 heavy (non-hydrogen) atoms. The Morgan fingerprint density at radius 2 is 1.95 bits per heavy atom. The van der Waals surface area contributed by atoms with Gasteiger partial charge in [-0.25, -0.2) is 0 Å². The maximum Gasteiger partial charge on any atom is 0.293 e. The maximum absolute atomic E-state index is 13.2. The summed E-state index contributed by atoms with van der Waals surface area (Å²) in [6, 6.07) is 14.5. The third kappa shape index (κ3) is 5.38. The van der Waals surface area contributed by atoms with Crippen LogP contribution in [0.2, 0.25) is 10.0 Å². The zero-order valence-electron chi connectivity index (χ0n) is 20.4. The predicted octanol–water partition coefficient (Wildman–Crippen LogP) is 6.66. The summed E-state index contributed by atoms with van der Waals surface area (Å²) in [5.41, 5.74) is 3.46. The smallest absolute Gasteiger partial charge is 0.293 e. The number of amides is 3. The second kappa shape index (κ2) is 11.1. The van der Waals surface area contributed by atoms with E-state index in [1.807, 2.05) is 29.0 Å². The van der Waals surface area contributed by atoms with Crippen molar-refractivity contribution >= 4 is 69.0 Å². The Morgan fingerprint density at radius 3 is 2.68 bits per heavy atom. The molecule has 2 aromatic carbocycles. The highest BCUT2D eigenvalue weighted by molar-refractivity contribution is 8.18. The normalized spacial score (nSPS) is 14.7. The van der Waals surface area contributed by atoms with E-state index in [2.05, 4.69) is 12.2 Å². The van der Waals surface area contributed by atoms with Gasteiger partial charge in [-0.15, -0.1) is 0 Å². The van der Waals surface area contributed by atoms with Crippen molar-refractivity contribution in [2.75, 3.05) is 0 Å². The summed E-state index contributed by atoms with van der Waals surface area (Å²) in [5.74, 6) is 0.120. The molecule has 0 saturated carbocycles. The fourth-order valence-electron chi connectivity index (χ4n) is 4.40. The Bertz CT molecular complexity index is 1580. The predicted molar refractivity (Wildman–Crippen MR) is 150 cm³/mol. The van der Waals surface area contributed by atoms with Crippen LogP contribution in [0.3, 0.4) is 0 Å². The molecule has 0 radical (unpaired) electrons. The van der Waals surface area contributed by atoms with Crippen LogP contribution < -0.4 is 5.32 Å². The first-order valence-corrected chi connectivity index (χ1v) is 13.5. The van der Waals surface area contributed by atoms with Crippen molar-refractivity contribution in [3.63, 3.8) is 0 Å². The quantitative estimate of drug-likeness (QED) is 0.241. The molecule has 1 N–H and O–H groups in total. The van der Waals surface area contributed by atoms with Gasteiger partial charge in [0, 0.05) is 17.1 Å². The van der Waals surface area contributed by atoms with E-state index in [0.717, 1.165) is 40.2 Å². The number of para-hydroxylation sites is 1. The van der Waals surface area contributed by atoms with E-state index in [1.165, 1.54) is 4.90 Å². The van der Waals surface area contributed by atoms with E-state index in [1.54, 1.807) is 42.7 Å². The number of nitrogens with one attached hydrogen (secondary N) is 1. The number of carbonyl (C=O) groups is 3. The Morgan fingerprint density at radius 1 is 1.11 bits per heavy atom. The number of nitrogens with zero attached hydrogens (tertiary/aromatic N) is 2. The van der Waals surface area contributed by atoms with Crippen LogP contribution in [0.15, 0.2) is 70.3 Å². The minimum absolute atomic E-state index is 0.0937. The minimum Gasteiger partial charge on any atom is -0.467 e. The molecule has 2 aromatic heterocycles. The van der Waals surface area contributed by atoms with E-state index in [9.17, 15) is 14.4 Å². The van der Waals surface area contributed by atoms with Gasteiger partial charge in [0.1, 0.15) is 12.3 Å². The molecular formula is C28H23Cl2N3O4S. The van der Waals surface area contributed by atoms with Crippen LogP contribution in [-0.4, -0.2) is 26.5 Å². The molecule has 0 bridgehead atoms. The van der Waals surface area contributed by atoms with E-state index in [0.29, 0.717) is 32.8 Å². The molecule has 194 valence electrons. The van der Waals surface area contributed by atoms with Gasteiger partial charge in [0.05, 0.1) is 39.8 Å². The van der Waals surface area contributed by atoms with Crippen molar-refractivity contribution in [1.29, 1.82) is 0 Å². The lowest BCUT2D eigenvalue weighted by Crippen LogP contribution is -2.27. The molecule has 1 aliphatic heterocycles. The number of thioether (sulfide) groups is 1. The summed E-state index contributed by atoms with van der Waals surface area (Å²) in [6.07, 6.45) is 5.91. The van der Waals surface area contributed by atoms with Crippen LogP contribution in [0.4, 0.5) is 4.79 Å². The number of benzene rings is 2. The summed E-state index contributed by atoms with van der Waals surface area (Å²) in [7, 11) is 0. The number of aryl methyl sites for hydroxylation is 1. The van der Waals surface area contributed by atoms with Crippen LogP contribution >= 0.6 is 35.0 Å². The van der Waals surface area contributed by atoms with Crippen molar-refractivity contribution in [1.82, 2.24) is 14.8 Å². The summed E-state index contributed by atoms with van der Waals surface area (Å²) in [5, 5.41) is 4.18. The van der Waals surface area contributed by atoms with Crippen molar-refractivity contribution in [2.45, 2.75) is 33.0 Å². The Kier molecular flexibility index (Phi) is 7.65. The van der Waals surface area contributed by atoms with Crippen molar-refractivity contribution in [2.24, 2.45) is 0 Å². The van der Waals surface area contributed by atoms with Crippen LogP contribution in [0.5, 0.6) is 0 Å². The van der Waals surface area contributed by atoms with Gasteiger partial charge in [-0.2, -0.15) is 0 Å². The largest absolute Gasteiger partial charge is 0.467 e. The number of imide groups is 1. The van der Waals surface area contributed by atoms with Crippen molar-refractivity contribution in [3.8, 4) is 0 Å². The number of aromatic nitrogens is 1. The fourth-order valence-corrected chi connectivity index (χ4v) is 5.55. The zero-order valence-corrected chi connectivity index (χ0v) is 22.7. The van der Waals surface area contributed by atoms with Gasteiger partial charge in [-0.05, 0) is 59.7 Å². The topological polar surface area (TPSA) is 84.5 Å². The van der Waals surface area contributed by atoms with Gasteiger partial charge in [-0.1, -0.05) is 54.4 Å². The van der Waals surface area contributed by atoms with Gasteiger partial charge in [0.2, 0.25) is 5.91 Å². The number of hydrogen-bond acceptors (Lipinski definition) is 5. The third-order valence-electron chi connectivity index (χ3n) is 6.23. The Balaban J connectivity index is 1.42. The van der Waals surface area contributed by atoms with E-state index < -0.39 is 0 Å². The Labute approximate surface area is 233 Å². The lowest BCUT2D eigenvalue weighted by molar-refractivity contribution is -0.123. The molecule has 0 unspecified atom stereocenters.